The van der Waals surface area contributed by atoms with E-state index in [1.54, 1.807) is 9.36 Å². The van der Waals surface area contributed by atoms with E-state index in [9.17, 15) is 46.1 Å². The molecule has 4 atom stereocenters. The van der Waals surface area contributed by atoms with Gasteiger partial charge in [0.2, 0.25) is 0 Å². The molecular formula is C66H64F6N10O4. The third-order valence-electron chi connectivity index (χ3n) is 18.1. The van der Waals surface area contributed by atoms with Gasteiger partial charge in [0.15, 0.2) is 11.6 Å². The van der Waals surface area contributed by atoms with Crippen LogP contribution in [0, 0.1) is 0 Å². The molecule has 20 heteroatoms. The van der Waals surface area contributed by atoms with Crippen molar-refractivity contribution in [2.75, 3.05) is 36.0 Å². The molecule has 2 aliphatic heterocycles. The Morgan fingerprint density at radius 2 is 0.709 bits per heavy atom. The summed E-state index contributed by atoms with van der Waals surface area (Å²) in [5, 5.41) is 31.2. The Morgan fingerprint density at radius 1 is 0.419 bits per heavy atom. The number of aliphatic hydroxyl groups is 2. The summed E-state index contributed by atoms with van der Waals surface area (Å²) in [5.41, 5.74) is 6.24. The van der Waals surface area contributed by atoms with Gasteiger partial charge in [-0.05, 0) is 73.6 Å². The zero-order valence-corrected chi connectivity index (χ0v) is 47.0. The molecule has 6 heterocycles. The Hall–Kier alpha value is -8.10. The average molecular weight is 1180 g/mol. The Morgan fingerprint density at radius 3 is 0.977 bits per heavy atom. The predicted octanol–water partition coefficient (Wildman–Crippen LogP) is 11.4. The van der Waals surface area contributed by atoms with Crippen LogP contribution in [0.2, 0.25) is 0 Å². The topological polar surface area (TPSA) is 168 Å². The van der Waals surface area contributed by atoms with E-state index in [2.05, 4.69) is 29.7 Å². The quantitative estimate of drug-likeness (QED) is 0.111. The van der Waals surface area contributed by atoms with Crippen LogP contribution in [-0.2, 0) is 22.4 Å². The van der Waals surface area contributed by atoms with Crippen molar-refractivity contribution in [3.8, 4) is 0 Å². The van der Waals surface area contributed by atoms with Gasteiger partial charge in [0.05, 0.1) is 71.8 Å². The molecule has 0 amide bonds. The first kappa shape index (κ1) is 57.0. The summed E-state index contributed by atoms with van der Waals surface area (Å²) in [6, 6.07) is 36.8. The highest BCUT2D eigenvalue weighted by Gasteiger charge is 2.56. The molecular weight excluding hydrogens is 1110 g/mol. The molecule has 14 rings (SSSR count). The lowest BCUT2D eigenvalue weighted by atomic mass is 9.78. The Kier molecular flexibility index (Phi) is 15.4. The van der Waals surface area contributed by atoms with Gasteiger partial charge in [-0.1, -0.05) is 121 Å². The van der Waals surface area contributed by atoms with Gasteiger partial charge >= 0.3 is 12.4 Å². The van der Waals surface area contributed by atoms with E-state index in [0.717, 1.165) is 71.0 Å². The molecule has 0 radical (unpaired) electrons. The Labute approximate surface area is 493 Å². The maximum Gasteiger partial charge on any atom is 0.398 e. The van der Waals surface area contributed by atoms with Crippen LogP contribution in [0.1, 0.15) is 167 Å². The van der Waals surface area contributed by atoms with Crippen LogP contribution in [-0.4, -0.2) is 112 Å². The van der Waals surface area contributed by atoms with E-state index < -0.39 is 60.0 Å². The number of aliphatic hydroxyl groups excluding tert-OH is 2. The van der Waals surface area contributed by atoms with E-state index in [4.69, 9.17) is 10.2 Å². The van der Waals surface area contributed by atoms with Gasteiger partial charge in [0.25, 0.3) is 0 Å². The molecule has 6 aliphatic rings. The van der Waals surface area contributed by atoms with Crippen LogP contribution in [0.4, 0.5) is 37.7 Å². The minimum atomic E-state index is -4.82. The number of piperidine rings is 2. The fraction of sp³-hybridized carbons (Fsp3) is 0.394. The van der Waals surface area contributed by atoms with Crippen molar-refractivity contribution in [3.05, 3.63) is 214 Å². The second-order valence-electron chi connectivity index (χ2n) is 23.7. The summed E-state index contributed by atoms with van der Waals surface area (Å²) in [7, 11) is 0. The standard InChI is InChI=1S/2C33H32F3N5O2/c2*34-33(35,36)28-27-25(17-26(42)31(28)43)41(30(21-7-3-1-4-8-21)22-9-5-2-6-10-22)39-29(27)20-13-15-40(16-14-20)24-18-37-32(38-19-24)23-11-12-23/h2*1-10,18-20,23,28,30-31,43H,11-17H2/t2*28-,31+/m10/s1. The molecule has 4 aliphatic carbocycles. The largest absolute Gasteiger partial charge is 0.398 e. The monoisotopic (exact) mass is 1170 g/mol. The normalized spacial score (nSPS) is 21.3. The molecule has 2 saturated heterocycles. The van der Waals surface area contributed by atoms with Gasteiger partial charge in [-0.2, -0.15) is 36.5 Å². The number of alkyl halides is 6. The number of benzene rings is 4. The van der Waals surface area contributed by atoms with Gasteiger partial charge in [-0.3, -0.25) is 19.0 Å². The molecule has 0 unspecified atom stereocenters. The molecule has 0 spiro atoms. The second kappa shape index (κ2) is 23.3. The molecule has 4 fully saturated rings. The number of anilines is 2. The number of fused-ring (bicyclic) bond motifs is 2. The first-order valence-electron chi connectivity index (χ1n) is 29.7. The minimum Gasteiger partial charge on any atom is -0.384 e. The van der Waals surface area contributed by atoms with Crippen LogP contribution in [0.15, 0.2) is 146 Å². The highest BCUT2D eigenvalue weighted by atomic mass is 19.4. The third kappa shape index (κ3) is 11.3. The fourth-order valence-corrected chi connectivity index (χ4v) is 13.4. The van der Waals surface area contributed by atoms with Crippen molar-refractivity contribution >= 4 is 22.9 Å². The predicted molar refractivity (Wildman–Crippen MR) is 308 cm³/mol. The highest BCUT2D eigenvalue weighted by Crippen LogP contribution is 2.51. The molecule has 4 aromatic carbocycles. The molecule has 444 valence electrons. The van der Waals surface area contributed by atoms with Crippen LogP contribution in [0.3, 0.4) is 0 Å². The van der Waals surface area contributed by atoms with Gasteiger partial charge in [0, 0.05) is 61.0 Å². The molecule has 4 aromatic heterocycles. The minimum absolute atomic E-state index is 0.0352. The summed E-state index contributed by atoms with van der Waals surface area (Å²) >= 11 is 0. The maximum atomic E-state index is 14.7. The van der Waals surface area contributed by atoms with E-state index >= 15 is 0 Å². The van der Waals surface area contributed by atoms with Crippen molar-refractivity contribution in [1.29, 1.82) is 0 Å². The first-order chi connectivity index (χ1) is 41.6. The van der Waals surface area contributed by atoms with Crippen LogP contribution in [0.25, 0.3) is 0 Å². The molecule has 0 bridgehead atoms. The lowest BCUT2D eigenvalue weighted by molar-refractivity contribution is -0.179. The Balaban J connectivity index is 0.000000160. The number of carbonyl (C=O) groups excluding carboxylic acids is 2. The first-order valence-corrected chi connectivity index (χ1v) is 29.7. The van der Waals surface area contributed by atoms with E-state index in [0.29, 0.717) is 75.1 Å². The van der Waals surface area contributed by atoms with Crippen molar-refractivity contribution in [2.45, 2.75) is 136 Å². The zero-order chi connectivity index (χ0) is 59.4. The Bertz CT molecular complexity index is 3350. The van der Waals surface area contributed by atoms with Gasteiger partial charge < -0.3 is 20.0 Å². The summed E-state index contributed by atoms with van der Waals surface area (Å²) in [6.45, 7) is 2.43. The molecule has 2 N–H and O–H groups in total. The van der Waals surface area contributed by atoms with Crippen molar-refractivity contribution < 1.29 is 46.1 Å². The van der Waals surface area contributed by atoms with E-state index in [1.165, 1.54) is 0 Å². The number of hydrogen-bond donors (Lipinski definition) is 2. The fourth-order valence-electron chi connectivity index (χ4n) is 13.4. The summed E-state index contributed by atoms with van der Waals surface area (Å²) in [4.78, 5) is 48.3. The lowest BCUT2D eigenvalue weighted by Crippen LogP contribution is -2.43. The van der Waals surface area contributed by atoms with Crippen LogP contribution >= 0.6 is 0 Å². The van der Waals surface area contributed by atoms with Gasteiger partial charge in [0.1, 0.15) is 47.8 Å². The summed E-state index contributed by atoms with van der Waals surface area (Å²) in [6.07, 6.45) is -0.436. The molecule has 2 saturated carbocycles. The highest BCUT2D eigenvalue weighted by molar-refractivity contribution is 5.89. The van der Waals surface area contributed by atoms with E-state index in [-0.39, 0.29) is 47.2 Å². The SMILES string of the molecule is O=C1Cc2c(c(C3CCN(c4cnc(C5CC5)nc4)CC3)nn2C(c2ccccc2)c2ccccc2)[C@@H](C(F)(F)F)[C@H]1O.O=C1Cc2c(c(C3CCN(c4cnc(C5CC5)nc4)CC3)nn2C(c2ccccc2)c2ccccc2)[C@H](C(F)(F)F)[C@@H]1O. The number of nitrogens with zero attached hydrogens (tertiary/aromatic N) is 10. The van der Waals surface area contributed by atoms with Gasteiger partial charge in [-0.25, -0.2) is 19.9 Å². The molecule has 86 heavy (non-hydrogen) atoms. The number of hydrogen-bond acceptors (Lipinski definition) is 12. The molecule has 8 aromatic rings. The smallest absolute Gasteiger partial charge is 0.384 e. The number of aromatic nitrogens is 8. The average Bonchev–Trinajstić information content (AvgIpc) is 1.74. The third-order valence-corrected chi connectivity index (χ3v) is 18.1. The summed E-state index contributed by atoms with van der Waals surface area (Å²) < 4.78 is 91.2. The number of rotatable bonds is 12. The maximum absolute atomic E-state index is 14.7. The summed E-state index contributed by atoms with van der Waals surface area (Å²) in [5.74, 6) is -4.20. The molecule has 14 nitrogen and oxygen atoms in total. The number of Topliss-reactive ketones (excluding diaryl/α,β-unsaturated/α-hetero) is 2. The van der Waals surface area contributed by atoms with Crippen LogP contribution in [0.5, 0.6) is 0 Å². The van der Waals surface area contributed by atoms with E-state index in [1.807, 2.05) is 146 Å². The van der Waals surface area contributed by atoms with Gasteiger partial charge in [-0.15, -0.1) is 0 Å². The number of ketones is 2. The van der Waals surface area contributed by atoms with Crippen LogP contribution < -0.4 is 9.80 Å². The second-order valence-corrected chi connectivity index (χ2v) is 23.7. The van der Waals surface area contributed by atoms with Crippen molar-refractivity contribution in [3.63, 3.8) is 0 Å². The number of halogens is 6. The lowest BCUT2D eigenvalue weighted by Gasteiger charge is -2.35. The zero-order valence-electron chi connectivity index (χ0n) is 47.0. The van der Waals surface area contributed by atoms with Crippen molar-refractivity contribution in [2.24, 2.45) is 0 Å². The number of carbonyl (C=O) groups is 2. The van der Waals surface area contributed by atoms with Crippen molar-refractivity contribution in [1.82, 2.24) is 39.5 Å².